The number of nitrogens with zero attached hydrogens (tertiary/aromatic N) is 1. The van der Waals surface area contributed by atoms with Crippen molar-refractivity contribution in [1.82, 2.24) is 0 Å². The van der Waals surface area contributed by atoms with Crippen molar-refractivity contribution in [3.05, 3.63) is 71.2 Å². The first kappa shape index (κ1) is 15.8. The lowest BCUT2D eigenvalue weighted by Gasteiger charge is -2.07. The zero-order valence-corrected chi connectivity index (χ0v) is 12.1. The Morgan fingerprint density at radius 1 is 1.12 bits per heavy atom. The van der Waals surface area contributed by atoms with E-state index in [0.29, 0.717) is 5.56 Å². The summed E-state index contributed by atoms with van der Waals surface area (Å²) in [6.07, 6.45) is 1.27. The lowest BCUT2D eigenvalue weighted by atomic mass is 10.1. The molecule has 1 heterocycles. The second-order valence-corrected chi connectivity index (χ2v) is 4.76. The molecule has 0 bridgehead atoms. The van der Waals surface area contributed by atoms with Gasteiger partial charge < -0.3 is 9.47 Å². The molecule has 0 saturated carbocycles. The van der Waals surface area contributed by atoms with E-state index in [4.69, 9.17) is 4.74 Å². The minimum absolute atomic E-state index is 0.0574. The first-order valence-electron chi connectivity index (χ1n) is 6.85. The number of para-hydroxylation sites is 1. The van der Waals surface area contributed by atoms with E-state index < -0.39 is 18.4 Å². The average Bonchev–Trinajstić information content (AvgIpc) is 2.90. The smallest absolute Gasteiger partial charge is 0.387 e. The quantitative estimate of drug-likeness (QED) is 0.632. The Balaban J connectivity index is 1.95. The highest BCUT2D eigenvalue weighted by Gasteiger charge is 2.25. The van der Waals surface area contributed by atoms with Gasteiger partial charge in [-0.25, -0.2) is 14.2 Å². The number of aliphatic imine (C=N–C) groups is 1. The Morgan fingerprint density at radius 2 is 1.92 bits per heavy atom. The lowest BCUT2D eigenvalue weighted by Crippen LogP contribution is -2.05. The van der Waals surface area contributed by atoms with Crippen LogP contribution in [0.1, 0.15) is 11.1 Å². The van der Waals surface area contributed by atoms with E-state index in [1.165, 1.54) is 48.5 Å². The standard InChI is InChI=1S/C17H10F3NO3/c18-12-6-3-5-11(8-12)15-21-13(16(22)24-15)9-10-4-1-2-7-14(10)23-17(19)20/h1-9,17H/b13-9-. The van der Waals surface area contributed by atoms with Crippen molar-refractivity contribution in [3.8, 4) is 5.75 Å². The number of ether oxygens (including phenoxy) is 2. The monoisotopic (exact) mass is 333 g/mol. The summed E-state index contributed by atoms with van der Waals surface area (Å²) < 4.78 is 47.5. The fourth-order valence-corrected chi connectivity index (χ4v) is 2.10. The maximum absolute atomic E-state index is 13.2. The largest absolute Gasteiger partial charge is 0.434 e. The molecule has 1 aliphatic heterocycles. The van der Waals surface area contributed by atoms with E-state index in [1.807, 2.05) is 0 Å². The van der Waals surface area contributed by atoms with E-state index in [-0.39, 0.29) is 22.9 Å². The van der Waals surface area contributed by atoms with Crippen LogP contribution in [0.25, 0.3) is 6.08 Å². The Labute approximate surface area is 134 Å². The van der Waals surface area contributed by atoms with Gasteiger partial charge in [0.2, 0.25) is 5.90 Å². The lowest BCUT2D eigenvalue weighted by molar-refractivity contribution is -0.129. The number of benzene rings is 2. The number of carbonyl (C=O) groups is 1. The number of hydrogen-bond donors (Lipinski definition) is 0. The van der Waals surface area contributed by atoms with E-state index in [2.05, 4.69) is 9.73 Å². The van der Waals surface area contributed by atoms with Crippen LogP contribution in [-0.4, -0.2) is 18.5 Å². The maximum atomic E-state index is 13.2. The Morgan fingerprint density at radius 3 is 2.67 bits per heavy atom. The topological polar surface area (TPSA) is 47.9 Å². The van der Waals surface area contributed by atoms with Gasteiger partial charge in [-0.05, 0) is 30.3 Å². The minimum Gasteiger partial charge on any atom is -0.434 e. The molecule has 1 aliphatic rings. The highest BCUT2D eigenvalue weighted by atomic mass is 19.3. The fourth-order valence-electron chi connectivity index (χ4n) is 2.10. The first-order valence-corrected chi connectivity index (χ1v) is 6.85. The maximum Gasteiger partial charge on any atom is 0.387 e. The SMILES string of the molecule is O=C1OC(c2cccc(F)c2)=N/C1=C\c1ccccc1OC(F)F. The molecule has 0 radical (unpaired) electrons. The molecule has 24 heavy (non-hydrogen) atoms. The molecule has 0 N–H and O–H groups in total. The van der Waals surface area contributed by atoms with Crippen molar-refractivity contribution in [1.29, 1.82) is 0 Å². The van der Waals surface area contributed by atoms with Gasteiger partial charge in [0.05, 0.1) is 0 Å². The molecule has 0 saturated heterocycles. The number of hydrogen-bond acceptors (Lipinski definition) is 4. The predicted molar refractivity (Wildman–Crippen MR) is 80.1 cm³/mol. The van der Waals surface area contributed by atoms with Gasteiger partial charge in [-0.15, -0.1) is 0 Å². The number of cyclic esters (lactones) is 1. The number of alkyl halides is 2. The highest BCUT2D eigenvalue weighted by Crippen LogP contribution is 2.25. The van der Waals surface area contributed by atoms with Crippen molar-refractivity contribution in [2.45, 2.75) is 6.61 Å². The predicted octanol–water partition coefficient (Wildman–Crippen LogP) is 3.77. The van der Waals surface area contributed by atoms with Gasteiger partial charge >= 0.3 is 12.6 Å². The molecule has 2 aromatic rings. The average molecular weight is 333 g/mol. The van der Waals surface area contributed by atoms with Gasteiger partial charge in [-0.1, -0.05) is 24.3 Å². The summed E-state index contributed by atoms with van der Waals surface area (Å²) in [7, 11) is 0. The number of halogens is 3. The van der Waals surface area contributed by atoms with Crippen LogP contribution in [0.3, 0.4) is 0 Å². The second kappa shape index (κ2) is 6.57. The molecule has 122 valence electrons. The van der Waals surface area contributed by atoms with Crippen molar-refractivity contribution in [3.63, 3.8) is 0 Å². The van der Waals surface area contributed by atoms with Gasteiger partial charge in [-0.2, -0.15) is 8.78 Å². The molecule has 0 amide bonds. The molecule has 7 heteroatoms. The molecule has 0 spiro atoms. The highest BCUT2D eigenvalue weighted by molar-refractivity contribution is 6.12. The van der Waals surface area contributed by atoms with Gasteiger partial charge in [0.1, 0.15) is 11.6 Å². The molecule has 2 aromatic carbocycles. The van der Waals surface area contributed by atoms with E-state index in [0.717, 1.165) is 0 Å². The fraction of sp³-hybridized carbons (Fsp3) is 0.0588. The summed E-state index contributed by atoms with van der Waals surface area (Å²) in [6, 6.07) is 11.4. The summed E-state index contributed by atoms with van der Waals surface area (Å²) in [4.78, 5) is 15.9. The van der Waals surface area contributed by atoms with Crippen LogP contribution in [-0.2, 0) is 9.53 Å². The Kier molecular flexibility index (Phi) is 4.33. The van der Waals surface area contributed by atoms with Crippen LogP contribution in [0.5, 0.6) is 5.75 Å². The molecular formula is C17H10F3NO3. The van der Waals surface area contributed by atoms with Gasteiger partial charge in [0.25, 0.3) is 0 Å². The third-order valence-corrected chi connectivity index (χ3v) is 3.12. The summed E-state index contributed by atoms with van der Waals surface area (Å²) in [5.74, 6) is -1.42. The number of carbonyl (C=O) groups excluding carboxylic acids is 1. The van der Waals surface area contributed by atoms with E-state index in [1.54, 1.807) is 6.07 Å². The molecule has 4 nitrogen and oxygen atoms in total. The molecular weight excluding hydrogens is 323 g/mol. The Hall–Kier alpha value is -3.09. The number of rotatable bonds is 4. The van der Waals surface area contributed by atoms with Crippen LogP contribution < -0.4 is 4.74 Å². The van der Waals surface area contributed by atoms with Crippen LogP contribution in [0.2, 0.25) is 0 Å². The van der Waals surface area contributed by atoms with Gasteiger partial charge in [-0.3, -0.25) is 0 Å². The van der Waals surface area contributed by atoms with Crippen LogP contribution in [0, 0.1) is 5.82 Å². The summed E-state index contributed by atoms with van der Waals surface area (Å²) in [5.41, 5.74) is 0.442. The summed E-state index contributed by atoms with van der Waals surface area (Å²) in [5, 5.41) is 0. The minimum atomic E-state index is -2.99. The second-order valence-electron chi connectivity index (χ2n) is 4.76. The molecule has 0 aromatic heterocycles. The molecule has 0 unspecified atom stereocenters. The van der Waals surface area contributed by atoms with E-state index in [9.17, 15) is 18.0 Å². The molecule has 0 fully saturated rings. The zero-order chi connectivity index (χ0) is 17.1. The summed E-state index contributed by atoms with van der Waals surface area (Å²) >= 11 is 0. The van der Waals surface area contributed by atoms with Gasteiger partial charge in [0, 0.05) is 11.1 Å². The third-order valence-electron chi connectivity index (χ3n) is 3.12. The van der Waals surface area contributed by atoms with Crippen LogP contribution >= 0.6 is 0 Å². The zero-order valence-electron chi connectivity index (χ0n) is 12.1. The van der Waals surface area contributed by atoms with E-state index >= 15 is 0 Å². The Bertz CT molecular complexity index is 846. The van der Waals surface area contributed by atoms with Crippen molar-refractivity contribution < 1.29 is 27.4 Å². The number of esters is 1. The molecule has 3 rings (SSSR count). The third kappa shape index (κ3) is 3.45. The molecule has 0 atom stereocenters. The van der Waals surface area contributed by atoms with Crippen molar-refractivity contribution >= 4 is 17.9 Å². The van der Waals surface area contributed by atoms with Crippen molar-refractivity contribution in [2.75, 3.05) is 0 Å². The summed E-state index contributed by atoms with van der Waals surface area (Å²) in [6.45, 7) is -2.99. The normalized spacial score (nSPS) is 15.6. The van der Waals surface area contributed by atoms with Gasteiger partial charge in [0.15, 0.2) is 5.70 Å². The first-order chi connectivity index (χ1) is 11.5. The van der Waals surface area contributed by atoms with Crippen LogP contribution in [0.15, 0.2) is 59.2 Å². The molecule has 0 aliphatic carbocycles. The van der Waals surface area contributed by atoms with Crippen molar-refractivity contribution in [2.24, 2.45) is 4.99 Å². The van der Waals surface area contributed by atoms with Crippen LogP contribution in [0.4, 0.5) is 13.2 Å².